The molecule has 0 saturated carbocycles. The normalized spacial score (nSPS) is 16.6. The van der Waals surface area contributed by atoms with E-state index in [0.717, 1.165) is 15.6 Å². The van der Waals surface area contributed by atoms with Crippen molar-refractivity contribution in [3.63, 3.8) is 0 Å². The molecule has 4 rings (SSSR count). The van der Waals surface area contributed by atoms with Crippen molar-refractivity contribution in [2.75, 3.05) is 27.4 Å². The zero-order valence-corrected chi connectivity index (χ0v) is 20.5. The maximum Gasteiger partial charge on any atom is 0.347 e. The van der Waals surface area contributed by atoms with E-state index in [1.165, 1.54) is 17.5 Å². The Morgan fingerprint density at radius 3 is 2.52 bits per heavy atom. The van der Waals surface area contributed by atoms with E-state index in [1.807, 2.05) is 11.4 Å². The van der Waals surface area contributed by atoms with Crippen LogP contribution in [-0.2, 0) is 18.4 Å². The highest BCUT2D eigenvalue weighted by Gasteiger charge is 2.45. The first-order chi connectivity index (χ1) is 15.9. The zero-order chi connectivity index (χ0) is 23.4. The minimum atomic E-state index is -3.75. The number of rotatable bonds is 7. The number of fused-ring (bicyclic) bond motifs is 1. The van der Waals surface area contributed by atoms with Crippen LogP contribution in [0.1, 0.15) is 23.2 Å². The summed E-state index contributed by atoms with van der Waals surface area (Å²) in [5.74, 6) is 0.743. The Morgan fingerprint density at radius 2 is 1.85 bits per heavy atom. The van der Waals surface area contributed by atoms with Gasteiger partial charge < -0.3 is 23.8 Å². The molecule has 1 fully saturated rings. The number of methoxy groups -OCH3 is 2. The van der Waals surface area contributed by atoms with E-state index in [9.17, 15) is 9.36 Å². The van der Waals surface area contributed by atoms with E-state index in [-0.39, 0.29) is 13.2 Å². The second-order valence-corrected chi connectivity index (χ2v) is 10.7. The van der Waals surface area contributed by atoms with Gasteiger partial charge in [0.2, 0.25) is 5.91 Å². The number of carbonyl (C=O) groups is 1. The number of hydrogen-bond donors (Lipinski definition) is 1. The molecule has 1 saturated heterocycles. The van der Waals surface area contributed by atoms with Gasteiger partial charge in [-0.25, -0.2) is 0 Å². The summed E-state index contributed by atoms with van der Waals surface area (Å²) in [5.41, 5.74) is 0.193. The highest BCUT2D eigenvalue weighted by Crippen LogP contribution is 2.63. The standard InChI is InChI=1S/C23H23ClNO6PS/c1-28-17-10-15(11-18(13-17)29-2)6-7-25-23(26)22(32(27)30-8-3-9-31-32)20-14-33-21-5-4-16(24)12-19(20)21/h4-7,10-14,22H,3,8-9H2,1-2H3,(H,25,26). The van der Waals surface area contributed by atoms with Gasteiger partial charge >= 0.3 is 7.60 Å². The summed E-state index contributed by atoms with van der Waals surface area (Å²) in [5, 5.41) is 5.82. The molecule has 1 N–H and O–H groups in total. The third-order valence-corrected chi connectivity index (χ3v) is 8.58. The molecule has 174 valence electrons. The highest BCUT2D eigenvalue weighted by molar-refractivity contribution is 7.55. The summed E-state index contributed by atoms with van der Waals surface area (Å²) in [6.07, 6.45) is 3.80. The van der Waals surface area contributed by atoms with Gasteiger partial charge in [0.1, 0.15) is 11.5 Å². The van der Waals surface area contributed by atoms with Gasteiger partial charge in [0.15, 0.2) is 5.66 Å². The lowest BCUT2D eigenvalue weighted by atomic mass is 10.1. The molecule has 3 aromatic rings. The van der Waals surface area contributed by atoms with Gasteiger partial charge in [-0.3, -0.25) is 9.36 Å². The summed E-state index contributed by atoms with van der Waals surface area (Å²) in [7, 11) is -0.622. The molecule has 33 heavy (non-hydrogen) atoms. The van der Waals surface area contributed by atoms with Crippen molar-refractivity contribution in [1.82, 2.24) is 5.32 Å². The van der Waals surface area contributed by atoms with Gasteiger partial charge in [-0.05, 0) is 64.7 Å². The number of benzene rings is 2. The maximum absolute atomic E-state index is 13.6. The van der Waals surface area contributed by atoms with Gasteiger partial charge in [0.25, 0.3) is 0 Å². The Hall–Kier alpha value is -2.35. The Kier molecular flexibility index (Phi) is 7.41. The first-order valence-corrected chi connectivity index (χ1v) is 13.1. The van der Waals surface area contributed by atoms with E-state index in [2.05, 4.69) is 5.32 Å². The largest absolute Gasteiger partial charge is 0.497 e. The van der Waals surface area contributed by atoms with Crippen LogP contribution < -0.4 is 14.8 Å². The molecule has 0 aliphatic carbocycles. The van der Waals surface area contributed by atoms with Crippen molar-refractivity contribution in [3.05, 3.63) is 64.1 Å². The smallest absolute Gasteiger partial charge is 0.347 e. The minimum Gasteiger partial charge on any atom is -0.497 e. The molecule has 1 aliphatic rings. The first kappa shape index (κ1) is 23.8. The summed E-state index contributed by atoms with van der Waals surface area (Å²) in [6, 6.07) is 10.8. The molecule has 1 atom stereocenters. The van der Waals surface area contributed by atoms with Crippen molar-refractivity contribution in [3.8, 4) is 11.5 Å². The van der Waals surface area contributed by atoms with Crippen LogP contribution in [0.5, 0.6) is 11.5 Å². The fourth-order valence-corrected chi connectivity index (χ4v) is 6.84. The fourth-order valence-electron chi connectivity index (χ4n) is 3.54. The van der Waals surface area contributed by atoms with Gasteiger partial charge in [-0.2, -0.15) is 0 Å². The van der Waals surface area contributed by atoms with Crippen molar-refractivity contribution >= 4 is 52.6 Å². The van der Waals surface area contributed by atoms with E-state index in [1.54, 1.807) is 50.6 Å². The molecule has 2 heterocycles. The summed E-state index contributed by atoms with van der Waals surface area (Å²) in [4.78, 5) is 13.3. The number of hydrogen-bond acceptors (Lipinski definition) is 7. The molecule has 0 bridgehead atoms. The first-order valence-electron chi connectivity index (χ1n) is 10.2. The predicted molar refractivity (Wildman–Crippen MR) is 130 cm³/mol. The van der Waals surface area contributed by atoms with Gasteiger partial charge in [0.05, 0.1) is 27.4 Å². The van der Waals surface area contributed by atoms with Crippen LogP contribution in [0.25, 0.3) is 16.2 Å². The molecule has 1 aliphatic heterocycles. The van der Waals surface area contributed by atoms with E-state index < -0.39 is 19.2 Å². The SMILES string of the molecule is COc1cc(C=CNC(=O)C(c2csc3ccc(Cl)cc23)P2(=O)OCCCO2)cc(OC)c1. The second-order valence-electron chi connectivity index (χ2n) is 7.28. The lowest BCUT2D eigenvalue weighted by Gasteiger charge is -2.29. The van der Waals surface area contributed by atoms with Crippen molar-refractivity contribution in [2.45, 2.75) is 12.1 Å². The van der Waals surface area contributed by atoms with Gasteiger partial charge in [-0.15, -0.1) is 11.3 Å². The summed E-state index contributed by atoms with van der Waals surface area (Å²) < 4.78 is 36.2. The van der Waals surface area contributed by atoms with Crippen molar-refractivity contribution in [2.24, 2.45) is 0 Å². The number of carbonyl (C=O) groups excluding carboxylic acids is 1. The number of nitrogens with one attached hydrogen (secondary N) is 1. The zero-order valence-electron chi connectivity index (χ0n) is 18.1. The molecule has 0 radical (unpaired) electrons. The topological polar surface area (TPSA) is 83.1 Å². The van der Waals surface area contributed by atoms with Gasteiger partial charge in [-0.1, -0.05) is 11.6 Å². The quantitative estimate of drug-likeness (QED) is 0.393. The number of amides is 1. The minimum absolute atomic E-state index is 0.267. The Bertz CT molecular complexity index is 1210. The van der Waals surface area contributed by atoms with E-state index in [0.29, 0.717) is 28.5 Å². The molecule has 1 unspecified atom stereocenters. The van der Waals surface area contributed by atoms with Crippen LogP contribution in [0.2, 0.25) is 5.02 Å². The third-order valence-electron chi connectivity index (χ3n) is 5.13. The molecule has 2 aromatic carbocycles. The molecule has 1 amide bonds. The average molecular weight is 508 g/mol. The Morgan fingerprint density at radius 1 is 1.15 bits per heavy atom. The fraction of sp³-hybridized carbons (Fsp3) is 0.261. The van der Waals surface area contributed by atoms with E-state index in [4.69, 9.17) is 30.1 Å². The van der Waals surface area contributed by atoms with Crippen molar-refractivity contribution < 1.29 is 27.9 Å². The monoisotopic (exact) mass is 507 g/mol. The summed E-state index contributed by atoms with van der Waals surface area (Å²) in [6.45, 7) is 0.534. The lowest BCUT2D eigenvalue weighted by Crippen LogP contribution is -2.28. The third kappa shape index (κ3) is 5.26. The average Bonchev–Trinajstić information content (AvgIpc) is 3.21. The number of thiophene rings is 1. The van der Waals surface area contributed by atoms with Crippen LogP contribution in [0.3, 0.4) is 0 Å². The van der Waals surface area contributed by atoms with Crippen molar-refractivity contribution in [1.29, 1.82) is 0 Å². The molecule has 1 aromatic heterocycles. The Labute approximate surface area is 200 Å². The van der Waals surface area contributed by atoms with Gasteiger partial charge in [0, 0.05) is 22.0 Å². The van der Waals surface area contributed by atoms with E-state index >= 15 is 0 Å². The maximum atomic E-state index is 13.6. The number of ether oxygens (including phenoxy) is 2. The molecule has 7 nitrogen and oxygen atoms in total. The summed E-state index contributed by atoms with van der Waals surface area (Å²) >= 11 is 7.64. The number of halogens is 1. The van der Waals surface area contributed by atoms with Crippen LogP contribution >= 0.6 is 30.5 Å². The van der Waals surface area contributed by atoms with Crippen LogP contribution in [0, 0.1) is 0 Å². The second kappa shape index (κ2) is 10.3. The van der Waals surface area contributed by atoms with Crippen LogP contribution in [0.4, 0.5) is 0 Å². The lowest BCUT2D eigenvalue weighted by molar-refractivity contribution is -0.120. The van der Waals surface area contributed by atoms with Crippen LogP contribution in [0.15, 0.2) is 48.0 Å². The Balaban J connectivity index is 1.65. The molecule has 10 heteroatoms. The molecular weight excluding hydrogens is 485 g/mol. The molecule has 0 spiro atoms. The highest BCUT2D eigenvalue weighted by atomic mass is 35.5. The predicted octanol–water partition coefficient (Wildman–Crippen LogP) is 6.03. The van der Waals surface area contributed by atoms with Crippen LogP contribution in [-0.4, -0.2) is 33.3 Å². The molecular formula is C23H23ClNO6PS.